The van der Waals surface area contributed by atoms with E-state index in [2.05, 4.69) is 24.8 Å². The minimum Gasteiger partial charge on any atom is -0.477 e. The summed E-state index contributed by atoms with van der Waals surface area (Å²) in [5.41, 5.74) is 1.65. The van der Waals surface area contributed by atoms with E-state index in [4.69, 9.17) is 9.26 Å². The van der Waals surface area contributed by atoms with Crippen molar-refractivity contribution in [1.29, 1.82) is 0 Å². The number of pyridine rings is 1. The number of nitrogens with zero attached hydrogens (tertiary/aromatic N) is 5. The number of benzene rings is 1. The number of fused-ring (bicyclic) bond motifs is 2. The second-order valence-electron chi connectivity index (χ2n) is 9.20. The fourth-order valence-corrected chi connectivity index (χ4v) is 4.87. The highest BCUT2D eigenvalue weighted by Crippen LogP contribution is 2.31. The SMILES string of the molecule is CN(C)Cc1cccc(OC[C@@H]2CC[C@H]3CN(c4noc5ccc(F)cc45)CCN3C2)n1. The van der Waals surface area contributed by atoms with Gasteiger partial charge in [-0.1, -0.05) is 11.2 Å². The summed E-state index contributed by atoms with van der Waals surface area (Å²) in [6, 6.07) is 11.0. The molecule has 0 saturated carbocycles. The van der Waals surface area contributed by atoms with E-state index in [9.17, 15) is 4.39 Å². The van der Waals surface area contributed by atoms with Gasteiger partial charge in [-0.25, -0.2) is 9.37 Å². The van der Waals surface area contributed by atoms with Gasteiger partial charge in [0, 0.05) is 50.7 Å². The molecule has 2 aliphatic heterocycles. The first-order valence-electron chi connectivity index (χ1n) is 11.3. The van der Waals surface area contributed by atoms with Gasteiger partial charge < -0.3 is 19.1 Å². The molecule has 7 nitrogen and oxygen atoms in total. The first-order chi connectivity index (χ1) is 15.5. The van der Waals surface area contributed by atoms with Crippen LogP contribution in [0.3, 0.4) is 0 Å². The summed E-state index contributed by atoms with van der Waals surface area (Å²) < 4.78 is 25.2. The van der Waals surface area contributed by atoms with Crippen LogP contribution in [0.2, 0.25) is 0 Å². The molecule has 0 N–H and O–H groups in total. The third-order valence-corrected chi connectivity index (χ3v) is 6.44. The van der Waals surface area contributed by atoms with Gasteiger partial charge >= 0.3 is 0 Å². The zero-order valence-electron chi connectivity index (χ0n) is 18.7. The summed E-state index contributed by atoms with van der Waals surface area (Å²) in [6.45, 7) is 5.24. The molecule has 170 valence electrons. The zero-order chi connectivity index (χ0) is 22.1. The van der Waals surface area contributed by atoms with Crippen LogP contribution < -0.4 is 9.64 Å². The molecule has 2 atom stereocenters. The van der Waals surface area contributed by atoms with Crippen LogP contribution in [-0.2, 0) is 6.54 Å². The minimum absolute atomic E-state index is 0.261. The molecule has 4 heterocycles. The van der Waals surface area contributed by atoms with Gasteiger partial charge in [0.1, 0.15) is 5.82 Å². The molecule has 0 radical (unpaired) electrons. The lowest BCUT2D eigenvalue weighted by Crippen LogP contribution is -2.57. The van der Waals surface area contributed by atoms with Crippen LogP contribution in [0, 0.1) is 11.7 Å². The molecule has 0 aliphatic carbocycles. The number of aromatic nitrogens is 2. The van der Waals surface area contributed by atoms with Gasteiger partial charge in [-0.3, -0.25) is 4.90 Å². The van der Waals surface area contributed by atoms with E-state index < -0.39 is 0 Å². The number of rotatable bonds is 6. The molecule has 0 unspecified atom stereocenters. The molecule has 2 aliphatic rings. The Bertz CT molecular complexity index is 1070. The van der Waals surface area contributed by atoms with Crippen LogP contribution in [0.5, 0.6) is 5.88 Å². The van der Waals surface area contributed by atoms with Crippen molar-refractivity contribution >= 4 is 16.8 Å². The zero-order valence-corrected chi connectivity index (χ0v) is 18.7. The van der Waals surface area contributed by atoms with E-state index in [1.807, 2.05) is 32.3 Å². The van der Waals surface area contributed by atoms with E-state index in [0.717, 1.165) is 62.5 Å². The van der Waals surface area contributed by atoms with Crippen molar-refractivity contribution < 1.29 is 13.7 Å². The Morgan fingerprint density at radius 2 is 2.06 bits per heavy atom. The Labute approximate surface area is 187 Å². The summed E-state index contributed by atoms with van der Waals surface area (Å²) in [7, 11) is 4.08. The van der Waals surface area contributed by atoms with Crippen molar-refractivity contribution in [3.8, 4) is 5.88 Å². The maximum absolute atomic E-state index is 13.7. The van der Waals surface area contributed by atoms with Crippen LogP contribution in [-0.4, -0.2) is 72.9 Å². The fourth-order valence-electron chi connectivity index (χ4n) is 4.87. The first kappa shape index (κ1) is 21.2. The maximum Gasteiger partial charge on any atom is 0.213 e. The minimum atomic E-state index is -0.261. The molecule has 5 rings (SSSR count). The Morgan fingerprint density at radius 1 is 1.16 bits per heavy atom. The van der Waals surface area contributed by atoms with Crippen LogP contribution in [0.1, 0.15) is 18.5 Å². The van der Waals surface area contributed by atoms with E-state index in [1.165, 1.54) is 12.1 Å². The largest absolute Gasteiger partial charge is 0.477 e. The summed E-state index contributed by atoms with van der Waals surface area (Å²) in [5.74, 6) is 1.71. The number of piperidine rings is 1. The van der Waals surface area contributed by atoms with Gasteiger partial charge in [0.2, 0.25) is 5.88 Å². The standard InChI is InChI=1S/C24H30FN5O2/c1-28(2)14-19-4-3-5-23(26-19)31-16-17-6-8-20-15-30(11-10-29(20)13-17)24-21-12-18(25)7-9-22(21)32-27-24/h3-5,7,9,12,17,20H,6,8,10-11,13-16H2,1-2H3/t17-,20+/m1/s1. The molecule has 2 aromatic heterocycles. The second kappa shape index (κ2) is 9.03. The van der Waals surface area contributed by atoms with E-state index in [1.54, 1.807) is 6.07 Å². The lowest BCUT2D eigenvalue weighted by atomic mass is 9.91. The number of anilines is 1. The molecular weight excluding hydrogens is 409 g/mol. The molecular formula is C24H30FN5O2. The third kappa shape index (κ3) is 4.56. The molecule has 0 amide bonds. The topological polar surface area (TPSA) is 57.9 Å². The Hall–Kier alpha value is -2.71. The van der Waals surface area contributed by atoms with Crippen molar-refractivity contribution in [2.24, 2.45) is 5.92 Å². The molecule has 8 heteroatoms. The lowest BCUT2D eigenvalue weighted by Gasteiger charge is -2.46. The maximum atomic E-state index is 13.7. The normalized spacial score (nSPS) is 21.8. The van der Waals surface area contributed by atoms with Crippen molar-refractivity contribution in [3.05, 3.63) is 47.9 Å². The average Bonchev–Trinajstić information content (AvgIpc) is 3.20. The molecule has 2 fully saturated rings. The van der Waals surface area contributed by atoms with Crippen LogP contribution in [0.15, 0.2) is 40.9 Å². The lowest BCUT2D eigenvalue weighted by molar-refractivity contribution is 0.0716. The second-order valence-corrected chi connectivity index (χ2v) is 9.20. The van der Waals surface area contributed by atoms with Crippen molar-refractivity contribution in [3.63, 3.8) is 0 Å². The van der Waals surface area contributed by atoms with Gasteiger partial charge in [0.25, 0.3) is 0 Å². The Balaban J connectivity index is 1.17. The third-order valence-electron chi connectivity index (χ3n) is 6.44. The summed E-state index contributed by atoms with van der Waals surface area (Å²) in [6.07, 6.45) is 2.24. The summed E-state index contributed by atoms with van der Waals surface area (Å²) in [4.78, 5) is 11.5. The van der Waals surface area contributed by atoms with Crippen molar-refractivity contribution in [1.82, 2.24) is 19.9 Å². The van der Waals surface area contributed by atoms with Gasteiger partial charge in [-0.15, -0.1) is 0 Å². The van der Waals surface area contributed by atoms with Gasteiger partial charge in [-0.05, 0) is 51.2 Å². The highest BCUT2D eigenvalue weighted by molar-refractivity contribution is 5.88. The molecule has 0 spiro atoms. The molecule has 0 bridgehead atoms. The Morgan fingerprint density at radius 3 is 2.94 bits per heavy atom. The smallest absolute Gasteiger partial charge is 0.213 e. The van der Waals surface area contributed by atoms with Crippen LogP contribution in [0.4, 0.5) is 10.2 Å². The van der Waals surface area contributed by atoms with Gasteiger partial charge in [0.05, 0.1) is 17.7 Å². The highest BCUT2D eigenvalue weighted by Gasteiger charge is 2.34. The monoisotopic (exact) mass is 439 g/mol. The fraction of sp³-hybridized carbons (Fsp3) is 0.500. The van der Waals surface area contributed by atoms with Crippen molar-refractivity contribution in [2.75, 3.05) is 51.8 Å². The number of piperazine rings is 1. The number of halogens is 1. The van der Waals surface area contributed by atoms with E-state index in [0.29, 0.717) is 30.0 Å². The highest BCUT2D eigenvalue weighted by atomic mass is 19.1. The quantitative estimate of drug-likeness (QED) is 0.583. The van der Waals surface area contributed by atoms with Gasteiger partial charge in [-0.2, -0.15) is 0 Å². The predicted octanol–water partition coefficient (Wildman–Crippen LogP) is 3.40. The molecule has 2 saturated heterocycles. The van der Waals surface area contributed by atoms with Crippen molar-refractivity contribution in [2.45, 2.75) is 25.4 Å². The van der Waals surface area contributed by atoms with Crippen LogP contribution in [0.25, 0.3) is 11.0 Å². The number of hydrogen-bond donors (Lipinski definition) is 0. The number of ether oxygens (including phenoxy) is 1. The summed E-state index contributed by atoms with van der Waals surface area (Å²) >= 11 is 0. The number of hydrogen-bond acceptors (Lipinski definition) is 7. The first-order valence-corrected chi connectivity index (χ1v) is 11.3. The van der Waals surface area contributed by atoms with E-state index >= 15 is 0 Å². The van der Waals surface area contributed by atoms with Crippen LogP contribution >= 0.6 is 0 Å². The van der Waals surface area contributed by atoms with Gasteiger partial charge in [0.15, 0.2) is 11.4 Å². The predicted molar refractivity (Wildman–Crippen MR) is 121 cm³/mol. The molecule has 3 aromatic rings. The Kier molecular flexibility index (Phi) is 5.97. The molecule has 1 aromatic carbocycles. The summed E-state index contributed by atoms with van der Waals surface area (Å²) in [5, 5.41) is 4.99. The molecule has 32 heavy (non-hydrogen) atoms. The average molecular weight is 440 g/mol. The van der Waals surface area contributed by atoms with E-state index in [-0.39, 0.29) is 5.82 Å².